The van der Waals surface area contributed by atoms with Crippen molar-refractivity contribution in [2.75, 3.05) is 0 Å². The molecule has 24 heavy (non-hydrogen) atoms. The third-order valence-electron chi connectivity index (χ3n) is 6.40. The van der Waals surface area contributed by atoms with Gasteiger partial charge in [0.25, 0.3) is 0 Å². The number of hydrogen-bond donors (Lipinski definition) is 2. The molecule has 124 valence electrons. The van der Waals surface area contributed by atoms with Crippen molar-refractivity contribution in [3.8, 4) is 12.3 Å². The van der Waals surface area contributed by atoms with Crippen LogP contribution in [0.1, 0.15) is 70.4 Å². The number of carboxylic acid groups (broad SMARTS) is 2. The predicted molar refractivity (Wildman–Crippen MR) is 88.1 cm³/mol. The van der Waals surface area contributed by atoms with E-state index in [9.17, 15) is 19.8 Å². The molecule has 0 aliphatic heterocycles. The second-order valence-electron chi connectivity index (χ2n) is 7.86. The molecule has 4 bridgehead atoms. The molecule has 0 radical (unpaired) electrons. The molecule has 4 heteroatoms. The third-order valence-corrected chi connectivity index (χ3v) is 6.40. The number of benzene rings is 1. The van der Waals surface area contributed by atoms with Crippen LogP contribution in [0, 0.1) is 30.1 Å². The largest absolute Gasteiger partial charge is 0.478 e. The highest BCUT2D eigenvalue weighted by Gasteiger charge is 2.52. The number of terminal acetylenes is 1. The van der Waals surface area contributed by atoms with Gasteiger partial charge in [-0.1, -0.05) is 12.0 Å². The predicted octanol–water partition coefficient (Wildman–Crippen LogP) is 3.53. The molecule has 5 rings (SSSR count). The Morgan fingerprint density at radius 3 is 1.96 bits per heavy atom. The number of rotatable bonds is 3. The second-order valence-corrected chi connectivity index (χ2v) is 7.86. The van der Waals surface area contributed by atoms with E-state index in [0.29, 0.717) is 17.8 Å². The van der Waals surface area contributed by atoms with Gasteiger partial charge in [-0.15, -0.1) is 6.42 Å². The van der Waals surface area contributed by atoms with Crippen LogP contribution in [-0.4, -0.2) is 22.2 Å². The van der Waals surface area contributed by atoms with E-state index < -0.39 is 11.9 Å². The summed E-state index contributed by atoms with van der Waals surface area (Å²) in [5.74, 6) is 2.06. The van der Waals surface area contributed by atoms with Crippen molar-refractivity contribution in [2.24, 2.45) is 17.8 Å². The average molecular weight is 324 g/mol. The maximum absolute atomic E-state index is 12.0. The molecule has 4 aliphatic rings. The zero-order valence-corrected chi connectivity index (χ0v) is 13.4. The van der Waals surface area contributed by atoms with Crippen molar-refractivity contribution in [3.63, 3.8) is 0 Å². The number of carboxylic acids is 2. The van der Waals surface area contributed by atoms with Gasteiger partial charge < -0.3 is 10.2 Å². The van der Waals surface area contributed by atoms with Gasteiger partial charge in [0.1, 0.15) is 0 Å². The summed E-state index contributed by atoms with van der Waals surface area (Å²) in [6, 6.07) is 3.22. The monoisotopic (exact) mass is 324 g/mol. The first kappa shape index (κ1) is 15.3. The molecule has 2 N–H and O–H groups in total. The normalized spacial score (nSPS) is 33.2. The van der Waals surface area contributed by atoms with Crippen molar-refractivity contribution in [1.29, 1.82) is 0 Å². The van der Waals surface area contributed by atoms with Crippen LogP contribution >= 0.6 is 0 Å². The van der Waals surface area contributed by atoms with Crippen molar-refractivity contribution in [3.05, 3.63) is 34.4 Å². The Morgan fingerprint density at radius 2 is 1.54 bits per heavy atom. The van der Waals surface area contributed by atoms with Crippen LogP contribution in [0.25, 0.3) is 0 Å². The molecule has 0 aromatic heterocycles. The van der Waals surface area contributed by atoms with Crippen LogP contribution in [0.2, 0.25) is 0 Å². The van der Waals surface area contributed by atoms with Crippen LogP contribution in [0.4, 0.5) is 0 Å². The van der Waals surface area contributed by atoms with Gasteiger partial charge in [0.15, 0.2) is 0 Å². The number of aromatic carboxylic acids is 2. The molecule has 1 aromatic rings. The van der Waals surface area contributed by atoms with E-state index in [1.807, 2.05) is 0 Å². The van der Waals surface area contributed by atoms with Gasteiger partial charge in [-0.2, -0.15) is 0 Å². The molecular formula is C20H20O4. The molecule has 0 spiro atoms. The summed E-state index contributed by atoms with van der Waals surface area (Å²) in [5.41, 5.74) is 0.600. The van der Waals surface area contributed by atoms with E-state index in [0.717, 1.165) is 24.8 Å². The van der Waals surface area contributed by atoms with Crippen LogP contribution in [-0.2, 0) is 5.41 Å². The fraction of sp³-hybridized carbons (Fsp3) is 0.500. The average Bonchev–Trinajstić information content (AvgIpc) is 2.51. The highest BCUT2D eigenvalue weighted by Crippen LogP contribution is 2.61. The molecule has 4 saturated carbocycles. The summed E-state index contributed by atoms with van der Waals surface area (Å²) in [4.78, 5) is 23.4. The Kier molecular flexibility index (Phi) is 3.25. The van der Waals surface area contributed by atoms with E-state index in [4.69, 9.17) is 6.42 Å². The SMILES string of the molecule is C#Cc1c(C(=O)O)ccc(C23CC4CC(CC(C4)C2)C3)c1C(=O)O. The van der Waals surface area contributed by atoms with Gasteiger partial charge in [0.05, 0.1) is 16.7 Å². The fourth-order valence-electron chi connectivity index (χ4n) is 6.04. The quantitative estimate of drug-likeness (QED) is 0.834. The smallest absolute Gasteiger partial charge is 0.337 e. The molecule has 0 amide bonds. The van der Waals surface area contributed by atoms with Gasteiger partial charge in [-0.05, 0) is 73.3 Å². The first-order valence-electron chi connectivity index (χ1n) is 8.54. The summed E-state index contributed by atoms with van der Waals surface area (Å²) >= 11 is 0. The van der Waals surface area contributed by atoms with Gasteiger partial charge >= 0.3 is 11.9 Å². The topological polar surface area (TPSA) is 74.6 Å². The third kappa shape index (κ3) is 2.07. The maximum Gasteiger partial charge on any atom is 0.337 e. The lowest BCUT2D eigenvalue weighted by molar-refractivity contribution is -0.00585. The van der Waals surface area contributed by atoms with Gasteiger partial charge in [-0.3, -0.25) is 0 Å². The highest BCUT2D eigenvalue weighted by molar-refractivity contribution is 5.99. The molecule has 0 unspecified atom stereocenters. The molecule has 0 atom stereocenters. The summed E-state index contributed by atoms with van der Waals surface area (Å²) in [5, 5.41) is 19.1. The standard InChI is InChI=1S/C20H20O4/c1-2-14-15(18(21)22)3-4-16(17(14)19(23)24)20-8-11-5-12(9-20)7-13(6-11)10-20/h1,3-4,11-13H,5-10H2,(H,21,22)(H,23,24). The zero-order chi connectivity index (χ0) is 17.1. The summed E-state index contributed by atoms with van der Waals surface area (Å²) in [6.07, 6.45) is 12.3. The lowest BCUT2D eigenvalue weighted by atomic mass is 9.47. The number of hydrogen-bond acceptors (Lipinski definition) is 2. The summed E-state index contributed by atoms with van der Waals surface area (Å²) in [6.45, 7) is 0. The van der Waals surface area contributed by atoms with Crippen LogP contribution in [0.5, 0.6) is 0 Å². The van der Waals surface area contributed by atoms with Crippen molar-refractivity contribution in [1.82, 2.24) is 0 Å². The number of carbonyl (C=O) groups is 2. The molecular weight excluding hydrogens is 304 g/mol. The van der Waals surface area contributed by atoms with Gasteiger partial charge in [-0.25, -0.2) is 9.59 Å². The van der Waals surface area contributed by atoms with E-state index >= 15 is 0 Å². The van der Waals surface area contributed by atoms with Crippen LogP contribution in [0.15, 0.2) is 12.1 Å². The van der Waals surface area contributed by atoms with E-state index in [-0.39, 0.29) is 22.1 Å². The van der Waals surface area contributed by atoms with Gasteiger partial charge in [0, 0.05) is 0 Å². The highest BCUT2D eigenvalue weighted by atomic mass is 16.4. The van der Waals surface area contributed by atoms with Crippen LogP contribution < -0.4 is 0 Å². The van der Waals surface area contributed by atoms with E-state index in [1.54, 1.807) is 6.07 Å². The first-order valence-corrected chi connectivity index (χ1v) is 8.54. The molecule has 4 fully saturated rings. The molecule has 4 aliphatic carbocycles. The maximum atomic E-state index is 12.0. The molecule has 0 saturated heterocycles. The summed E-state index contributed by atoms with van der Waals surface area (Å²) < 4.78 is 0. The molecule has 4 nitrogen and oxygen atoms in total. The minimum Gasteiger partial charge on any atom is -0.478 e. The van der Waals surface area contributed by atoms with Crippen molar-refractivity contribution in [2.45, 2.75) is 43.9 Å². The Labute approximate surface area is 140 Å². The lowest BCUT2D eigenvalue weighted by Crippen LogP contribution is -2.49. The Balaban J connectivity index is 1.91. The summed E-state index contributed by atoms with van der Waals surface area (Å²) in [7, 11) is 0. The fourth-order valence-corrected chi connectivity index (χ4v) is 6.04. The molecule has 0 heterocycles. The minimum absolute atomic E-state index is 0.0169. The first-order chi connectivity index (χ1) is 11.4. The van der Waals surface area contributed by atoms with Crippen molar-refractivity contribution >= 4 is 11.9 Å². The Hall–Kier alpha value is -2.28. The van der Waals surface area contributed by atoms with E-state index in [1.165, 1.54) is 25.3 Å². The Bertz CT molecular complexity index is 748. The Morgan fingerprint density at radius 1 is 1.00 bits per heavy atom. The van der Waals surface area contributed by atoms with Crippen LogP contribution in [0.3, 0.4) is 0 Å². The minimum atomic E-state index is -1.18. The lowest BCUT2D eigenvalue weighted by Gasteiger charge is -2.57. The molecule has 1 aromatic carbocycles. The van der Waals surface area contributed by atoms with E-state index in [2.05, 4.69) is 5.92 Å². The zero-order valence-electron chi connectivity index (χ0n) is 13.4. The second kappa shape index (κ2) is 5.11. The van der Waals surface area contributed by atoms with Crippen molar-refractivity contribution < 1.29 is 19.8 Å². The van der Waals surface area contributed by atoms with Gasteiger partial charge in [0.2, 0.25) is 0 Å².